The number of fused-ring (bicyclic) bond motifs is 1. The van der Waals surface area contributed by atoms with Crippen LogP contribution >= 0.6 is 27.3 Å². The number of hydrogen-bond acceptors (Lipinski definition) is 5. The molecule has 4 nitrogen and oxygen atoms in total. The number of nitrogens with zero attached hydrogens (tertiary/aromatic N) is 1. The summed E-state index contributed by atoms with van der Waals surface area (Å²) in [5.41, 5.74) is 2.06. The zero-order valence-electron chi connectivity index (χ0n) is 12.2. The van der Waals surface area contributed by atoms with Crippen molar-refractivity contribution in [2.75, 3.05) is 19.5 Å². The molecule has 22 heavy (non-hydrogen) atoms. The zero-order valence-corrected chi connectivity index (χ0v) is 14.6. The fourth-order valence-electron chi connectivity index (χ4n) is 2.14. The molecule has 0 amide bonds. The molecule has 114 valence electrons. The number of nitrogens with one attached hydrogen (secondary N) is 1. The van der Waals surface area contributed by atoms with E-state index in [4.69, 9.17) is 9.47 Å². The van der Waals surface area contributed by atoms with E-state index in [0.29, 0.717) is 6.54 Å². The van der Waals surface area contributed by atoms with E-state index in [0.717, 1.165) is 36.9 Å². The Balaban J connectivity index is 1.78. The molecule has 0 aliphatic carbocycles. The first-order chi connectivity index (χ1) is 10.7. The zero-order chi connectivity index (χ0) is 15.5. The summed E-state index contributed by atoms with van der Waals surface area (Å²) in [7, 11) is 3.30. The summed E-state index contributed by atoms with van der Waals surface area (Å²) in [5, 5.41) is 4.25. The summed E-state index contributed by atoms with van der Waals surface area (Å²) in [6.45, 7) is 0.647. The summed E-state index contributed by atoms with van der Waals surface area (Å²) in [6.07, 6.45) is 0. The highest BCUT2D eigenvalue weighted by Crippen LogP contribution is 2.30. The highest BCUT2D eigenvalue weighted by atomic mass is 79.9. The highest BCUT2D eigenvalue weighted by Gasteiger charge is 2.07. The topological polar surface area (TPSA) is 43.4 Å². The van der Waals surface area contributed by atoms with E-state index in [1.165, 1.54) is 0 Å². The van der Waals surface area contributed by atoms with E-state index in [1.807, 2.05) is 30.3 Å². The van der Waals surface area contributed by atoms with Gasteiger partial charge in [0.1, 0.15) is 11.5 Å². The van der Waals surface area contributed by atoms with Gasteiger partial charge in [-0.15, -0.1) is 0 Å². The smallest absolute Gasteiger partial charge is 0.184 e. The van der Waals surface area contributed by atoms with Crippen LogP contribution in [0.4, 0.5) is 5.13 Å². The predicted octanol–water partition coefficient (Wildman–Crippen LogP) is 4.69. The number of methoxy groups -OCH3 is 2. The van der Waals surface area contributed by atoms with E-state index < -0.39 is 0 Å². The van der Waals surface area contributed by atoms with Crippen LogP contribution in [0.15, 0.2) is 40.9 Å². The van der Waals surface area contributed by atoms with Crippen LogP contribution in [0.25, 0.3) is 10.2 Å². The van der Waals surface area contributed by atoms with Crippen molar-refractivity contribution in [2.24, 2.45) is 0 Å². The third kappa shape index (κ3) is 3.18. The van der Waals surface area contributed by atoms with Gasteiger partial charge < -0.3 is 14.8 Å². The van der Waals surface area contributed by atoms with Crippen LogP contribution in [0.3, 0.4) is 0 Å². The van der Waals surface area contributed by atoms with Crippen LogP contribution in [0.1, 0.15) is 5.56 Å². The number of halogens is 1. The van der Waals surface area contributed by atoms with Gasteiger partial charge in [0, 0.05) is 22.6 Å². The number of rotatable bonds is 5. The Bertz CT molecular complexity index is 804. The van der Waals surface area contributed by atoms with Gasteiger partial charge in [-0.3, -0.25) is 0 Å². The number of aromatic nitrogens is 1. The number of hydrogen-bond donors (Lipinski definition) is 1. The van der Waals surface area contributed by atoms with Gasteiger partial charge in [0.05, 0.1) is 24.4 Å². The number of benzene rings is 2. The average Bonchev–Trinajstić information content (AvgIpc) is 2.94. The number of ether oxygens (including phenoxy) is 2. The molecule has 1 aromatic heterocycles. The molecule has 0 aliphatic heterocycles. The summed E-state index contributed by atoms with van der Waals surface area (Å²) in [5.74, 6) is 1.58. The second-order valence-electron chi connectivity index (χ2n) is 4.66. The third-order valence-corrected chi connectivity index (χ3v) is 4.74. The molecule has 0 atom stereocenters. The largest absolute Gasteiger partial charge is 0.497 e. The highest BCUT2D eigenvalue weighted by molar-refractivity contribution is 9.10. The minimum Gasteiger partial charge on any atom is -0.497 e. The minimum absolute atomic E-state index is 0.647. The Labute approximate surface area is 141 Å². The molecule has 0 fully saturated rings. The van der Waals surface area contributed by atoms with Crippen molar-refractivity contribution in [3.05, 3.63) is 46.4 Å². The van der Waals surface area contributed by atoms with E-state index in [2.05, 4.69) is 32.3 Å². The molecule has 1 heterocycles. The van der Waals surface area contributed by atoms with Crippen molar-refractivity contribution in [1.82, 2.24) is 4.98 Å². The minimum atomic E-state index is 0.647. The van der Waals surface area contributed by atoms with Gasteiger partial charge in [0.2, 0.25) is 0 Å². The second-order valence-corrected chi connectivity index (χ2v) is 6.61. The summed E-state index contributed by atoms with van der Waals surface area (Å²) in [4.78, 5) is 4.58. The van der Waals surface area contributed by atoms with Crippen LogP contribution in [0.2, 0.25) is 0 Å². The Morgan fingerprint density at radius 3 is 2.77 bits per heavy atom. The van der Waals surface area contributed by atoms with Crippen molar-refractivity contribution in [3.8, 4) is 11.5 Å². The van der Waals surface area contributed by atoms with Crippen molar-refractivity contribution >= 4 is 42.6 Å². The number of anilines is 1. The standard InChI is InChI=1S/C16H15BrN2O2S/c1-20-12-5-3-10(14(8-12)21-2)9-18-16-19-13-6-4-11(17)7-15(13)22-16/h3-8H,9H2,1-2H3,(H,18,19). The van der Waals surface area contributed by atoms with Crippen LogP contribution in [-0.2, 0) is 6.54 Å². The Morgan fingerprint density at radius 1 is 1.14 bits per heavy atom. The molecule has 6 heteroatoms. The van der Waals surface area contributed by atoms with Crippen molar-refractivity contribution in [2.45, 2.75) is 6.54 Å². The van der Waals surface area contributed by atoms with Crippen LogP contribution < -0.4 is 14.8 Å². The molecule has 0 saturated heterocycles. The van der Waals surface area contributed by atoms with Crippen LogP contribution in [-0.4, -0.2) is 19.2 Å². The molecule has 3 rings (SSSR count). The lowest BCUT2D eigenvalue weighted by Crippen LogP contribution is -2.01. The molecule has 0 bridgehead atoms. The molecule has 0 radical (unpaired) electrons. The SMILES string of the molecule is COc1ccc(CNc2nc3ccc(Br)cc3s2)c(OC)c1. The van der Waals surface area contributed by atoms with E-state index in [1.54, 1.807) is 25.6 Å². The molecule has 1 N–H and O–H groups in total. The predicted molar refractivity (Wildman–Crippen MR) is 94.2 cm³/mol. The average molecular weight is 379 g/mol. The van der Waals surface area contributed by atoms with Gasteiger partial charge in [-0.05, 0) is 30.3 Å². The van der Waals surface area contributed by atoms with Gasteiger partial charge >= 0.3 is 0 Å². The molecular formula is C16H15BrN2O2S. The first-order valence-corrected chi connectivity index (χ1v) is 8.31. The quantitative estimate of drug-likeness (QED) is 0.699. The Hall–Kier alpha value is -1.79. The van der Waals surface area contributed by atoms with Gasteiger partial charge in [-0.2, -0.15) is 0 Å². The lowest BCUT2D eigenvalue weighted by molar-refractivity contribution is 0.391. The molecule has 0 saturated carbocycles. The maximum Gasteiger partial charge on any atom is 0.184 e. The molecule has 0 spiro atoms. The molecule has 3 aromatic rings. The number of thiazole rings is 1. The van der Waals surface area contributed by atoms with Crippen molar-refractivity contribution in [1.29, 1.82) is 0 Å². The second kappa shape index (κ2) is 6.54. The first-order valence-electron chi connectivity index (χ1n) is 6.70. The normalized spacial score (nSPS) is 10.7. The molecule has 0 aliphatic rings. The maximum absolute atomic E-state index is 5.41. The fourth-order valence-corrected chi connectivity index (χ4v) is 3.56. The third-order valence-electron chi connectivity index (χ3n) is 3.27. The lowest BCUT2D eigenvalue weighted by Gasteiger charge is -2.10. The van der Waals surface area contributed by atoms with Gasteiger partial charge in [-0.1, -0.05) is 27.3 Å². The maximum atomic E-state index is 5.41. The van der Waals surface area contributed by atoms with Gasteiger partial charge in [-0.25, -0.2) is 4.98 Å². The molecule has 2 aromatic carbocycles. The Morgan fingerprint density at radius 2 is 2.00 bits per heavy atom. The van der Waals surface area contributed by atoms with Crippen molar-refractivity contribution in [3.63, 3.8) is 0 Å². The summed E-state index contributed by atoms with van der Waals surface area (Å²) < 4.78 is 12.8. The van der Waals surface area contributed by atoms with Crippen LogP contribution in [0, 0.1) is 0 Å². The monoisotopic (exact) mass is 378 g/mol. The van der Waals surface area contributed by atoms with Gasteiger partial charge in [0.25, 0.3) is 0 Å². The van der Waals surface area contributed by atoms with E-state index in [9.17, 15) is 0 Å². The van der Waals surface area contributed by atoms with Gasteiger partial charge in [0.15, 0.2) is 5.13 Å². The molecule has 0 unspecified atom stereocenters. The lowest BCUT2D eigenvalue weighted by atomic mass is 10.2. The van der Waals surface area contributed by atoms with E-state index >= 15 is 0 Å². The first kappa shape index (κ1) is 15.1. The Kier molecular flexibility index (Phi) is 4.49. The summed E-state index contributed by atoms with van der Waals surface area (Å²) in [6, 6.07) is 11.9. The summed E-state index contributed by atoms with van der Waals surface area (Å²) >= 11 is 5.11. The molecular weight excluding hydrogens is 364 g/mol. The van der Waals surface area contributed by atoms with Crippen molar-refractivity contribution < 1.29 is 9.47 Å². The van der Waals surface area contributed by atoms with Crippen LogP contribution in [0.5, 0.6) is 11.5 Å². The van der Waals surface area contributed by atoms with E-state index in [-0.39, 0.29) is 0 Å². The fraction of sp³-hybridized carbons (Fsp3) is 0.188.